The maximum absolute atomic E-state index is 10.1. The van der Waals surface area contributed by atoms with Gasteiger partial charge in [0, 0.05) is 16.1 Å². The smallest absolute Gasteiger partial charge is 0.0616 e. The molecule has 0 radical (unpaired) electrons. The van der Waals surface area contributed by atoms with Crippen LogP contribution in [0.1, 0.15) is 56.1 Å². The van der Waals surface area contributed by atoms with Crippen LogP contribution < -0.4 is 5.32 Å². The van der Waals surface area contributed by atoms with E-state index < -0.39 is 0 Å². The molecule has 0 bridgehead atoms. The Morgan fingerprint density at radius 2 is 1.90 bits per heavy atom. The van der Waals surface area contributed by atoms with Crippen molar-refractivity contribution in [2.45, 2.75) is 69.4 Å². The van der Waals surface area contributed by atoms with Crippen LogP contribution in [0.15, 0.2) is 22.7 Å². The highest BCUT2D eigenvalue weighted by Crippen LogP contribution is 2.32. The van der Waals surface area contributed by atoms with Crippen LogP contribution in [0.4, 0.5) is 0 Å². The lowest BCUT2D eigenvalue weighted by Gasteiger charge is -2.40. The van der Waals surface area contributed by atoms with Gasteiger partial charge in [-0.2, -0.15) is 0 Å². The van der Waals surface area contributed by atoms with Gasteiger partial charge in [0.05, 0.1) is 6.61 Å². The highest BCUT2D eigenvalue weighted by molar-refractivity contribution is 9.10. The van der Waals surface area contributed by atoms with E-state index in [4.69, 9.17) is 0 Å². The molecule has 1 fully saturated rings. The fraction of sp³-hybridized carbons (Fsp3) is 0.667. The number of rotatable bonds is 3. The van der Waals surface area contributed by atoms with Gasteiger partial charge in [0.1, 0.15) is 0 Å². The van der Waals surface area contributed by atoms with Crippen LogP contribution in [0.25, 0.3) is 0 Å². The Morgan fingerprint density at radius 1 is 1.14 bits per heavy atom. The van der Waals surface area contributed by atoms with Crippen molar-refractivity contribution in [1.29, 1.82) is 0 Å². The van der Waals surface area contributed by atoms with Gasteiger partial charge in [-0.05, 0) is 55.4 Å². The molecule has 2 N–H and O–H groups in total. The summed E-state index contributed by atoms with van der Waals surface area (Å²) in [4.78, 5) is 0. The molecule has 0 aromatic heterocycles. The van der Waals surface area contributed by atoms with Crippen LogP contribution in [-0.4, -0.2) is 23.3 Å². The van der Waals surface area contributed by atoms with Crippen LogP contribution in [-0.2, 0) is 12.8 Å². The molecule has 1 saturated carbocycles. The van der Waals surface area contributed by atoms with Crippen LogP contribution in [0.5, 0.6) is 0 Å². The maximum Gasteiger partial charge on any atom is 0.0616 e. The first-order valence-electron chi connectivity index (χ1n) is 8.37. The lowest BCUT2D eigenvalue weighted by Crippen LogP contribution is -2.56. The van der Waals surface area contributed by atoms with Crippen molar-refractivity contribution in [3.63, 3.8) is 0 Å². The third kappa shape index (κ3) is 3.69. The Labute approximate surface area is 136 Å². The molecule has 0 saturated heterocycles. The van der Waals surface area contributed by atoms with Gasteiger partial charge >= 0.3 is 0 Å². The van der Waals surface area contributed by atoms with E-state index in [-0.39, 0.29) is 12.1 Å². The summed E-state index contributed by atoms with van der Waals surface area (Å²) in [6.07, 6.45) is 11.0. The minimum atomic E-state index is -0.101. The molecule has 1 unspecified atom stereocenters. The molecule has 0 aliphatic heterocycles. The predicted octanol–water partition coefficient (Wildman–Crippen LogP) is 3.98. The second-order valence-electron chi connectivity index (χ2n) is 6.86. The van der Waals surface area contributed by atoms with Crippen molar-refractivity contribution in [2.24, 2.45) is 0 Å². The number of halogens is 1. The van der Waals surface area contributed by atoms with Crippen LogP contribution in [0.2, 0.25) is 0 Å². The summed E-state index contributed by atoms with van der Waals surface area (Å²) in [5, 5.41) is 13.9. The molecule has 21 heavy (non-hydrogen) atoms. The Hall–Kier alpha value is -0.380. The largest absolute Gasteiger partial charge is 0.394 e. The zero-order valence-electron chi connectivity index (χ0n) is 12.7. The van der Waals surface area contributed by atoms with Crippen molar-refractivity contribution in [3.05, 3.63) is 33.8 Å². The number of hydrogen-bond acceptors (Lipinski definition) is 2. The molecule has 2 aliphatic carbocycles. The van der Waals surface area contributed by atoms with Gasteiger partial charge in [0.15, 0.2) is 0 Å². The van der Waals surface area contributed by atoms with Crippen molar-refractivity contribution < 1.29 is 5.11 Å². The highest BCUT2D eigenvalue weighted by Gasteiger charge is 2.35. The third-order valence-electron chi connectivity index (χ3n) is 5.24. The number of nitrogens with one attached hydrogen (secondary N) is 1. The fourth-order valence-electron chi connectivity index (χ4n) is 3.99. The molecule has 1 aromatic rings. The summed E-state index contributed by atoms with van der Waals surface area (Å²) in [5.74, 6) is 0. The lowest BCUT2D eigenvalue weighted by molar-refractivity contribution is 0.128. The van der Waals surface area contributed by atoms with Gasteiger partial charge in [0.25, 0.3) is 0 Å². The Bertz CT molecular complexity index is 482. The van der Waals surface area contributed by atoms with E-state index in [1.807, 2.05) is 0 Å². The minimum absolute atomic E-state index is 0.101. The number of aliphatic hydroxyl groups excluding tert-OH is 1. The number of hydrogen-bond donors (Lipinski definition) is 2. The third-order valence-corrected chi connectivity index (χ3v) is 5.73. The molecule has 116 valence electrons. The van der Waals surface area contributed by atoms with Crippen LogP contribution in [0, 0.1) is 0 Å². The zero-order valence-corrected chi connectivity index (χ0v) is 14.3. The number of aliphatic hydroxyl groups is 1. The highest BCUT2D eigenvalue weighted by atomic mass is 79.9. The Balaban J connectivity index is 1.73. The molecule has 0 heterocycles. The molecule has 0 amide bonds. The average molecular weight is 352 g/mol. The van der Waals surface area contributed by atoms with Gasteiger partial charge in [-0.1, -0.05) is 47.7 Å². The molecule has 3 rings (SSSR count). The first kappa shape index (κ1) is 15.5. The zero-order chi connectivity index (χ0) is 14.7. The molecular formula is C18H26BrNO. The van der Waals surface area contributed by atoms with E-state index in [1.165, 1.54) is 49.7 Å². The standard InChI is InChI=1S/C18H26BrNO/c19-16-8-7-15-12-18(13-21,10-9-14(15)11-16)20-17-5-3-1-2-4-6-17/h7-8,11,17,20-21H,1-6,9-10,12-13H2. The lowest BCUT2D eigenvalue weighted by atomic mass is 9.77. The summed E-state index contributed by atoms with van der Waals surface area (Å²) in [5.41, 5.74) is 2.74. The van der Waals surface area contributed by atoms with Gasteiger partial charge in [0.2, 0.25) is 0 Å². The van der Waals surface area contributed by atoms with E-state index in [9.17, 15) is 5.11 Å². The van der Waals surface area contributed by atoms with Gasteiger partial charge in [-0.25, -0.2) is 0 Å². The van der Waals surface area contributed by atoms with Crippen molar-refractivity contribution in [3.8, 4) is 0 Å². The molecule has 2 nitrogen and oxygen atoms in total. The fourth-order valence-corrected chi connectivity index (χ4v) is 4.40. The van der Waals surface area contributed by atoms with Crippen LogP contribution >= 0.6 is 15.9 Å². The summed E-state index contributed by atoms with van der Waals surface area (Å²) >= 11 is 3.56. The van der Waals surface area contributed by atoms with Crippen molar-refractivity contribution in [2.75, 3.05) is 6.61 Å². The van der Waals surface area contributed by atoms with Crippen LogP contribution in [0.3, 0.4) is 0 Å². The number of aryl methyl sites for hydroxylation is 1. The molecule has 1 atom stereocenters. The number of fused-ring (bicyclic) bond motifs is 1. The number of benzene rings is 1. The van der Waals surface area contributed by atoms with E-state index >= 15 is 0 Å². The molecular weight excluding hydrogens is 326 g/mol. The predicted molar refractivity (Wildman–Crippen MR) is 90.6 cm³/mol. The Morgan fingerprint density at radius 3 is 2.62 bits per heavy atom. The normalized spacial score (nSPS) is 27.1. The quantitative estimate of drug-likeness (QED) is 0.807. The van der Waals surface area contributed by atoms with E-state index in [1.54, 1.807) is 0 Å². The first-order chi connectivity index (χ1) is 10.2. The Kier molecular flexibility index (Phi) is 5.03. The summed E-state index contributed by atoms with van der Waals surface area (Å²) < 4.78 is 1.16. The van der Waals surface area contributed by atoms with E-state index in [2.05, 4.69) is 39.4 Å². The minimum Gasteiger partial charge on any atom is -0.394 e. The average Bonchev–Trinajstić information content (AvgIpc) is 2.76. The topological polar surface area (TPSA) is 32.3 Å². The molecule has 2 aliphatic rings. The van der Waals surface area contributed by atoms with Gasteiger partial charge in [-0.15, -0.1) is 0 Å². The maximum atomic E-state index is 10.1. The second-order valence-corrected chi connectivity index (χ2v) is 7.78. The monoisotopic (exact) mass is 351 g/mol. The second kappa shape index (κ2) is 6.80. The van der Waals surface area contributed by atoms with Crippen molar-refractivity contribution in [1.82, 2.24) is 5.32 Å². The molecule has 0 spiro atoms. The summed E-state index contributed by atoms with van der Waals surface area (Å²) in [6, 6.07) is 7.18. The SMILES string of the molecule is OCC1(NC2CCCCCC2)CCc2cc(Br)ccc2C1. The molecule has 3 heteroatoms. The van der Waals surface area contributed by atoms with E-state index in [0.717, 1.165) is 23.7 Å². The summed E-state index contributed by atoms with van der Waals surface area (Å²) in [7, 11) is 0. The van der Waals surface area contributed by atoms with Gasteiger partial charge in [-0.3, -0.25) is 0 Å². The van der Waals surface area contributed by atoms with Gasteiger partial charge < -0.3 is 10.4 Å². The first-order valence-corrected chi connectivity index (χ1v) is 9.16. The van der Waals surface area contributed by atoms with E-state index in [0.29, 0.717) is 6.04 Å². The van der Waals surface area contributed by atoms with Crippen molar-refractivity contribution >= 4 is 15.9 Å². The molecule has 1 aromatic carbocycles. The summed E-state index contributed by atoms with van der Waals surface area (Å²) in [6.45, 7) is 0.249.